The molecule has 0 unspecified atom stereocenters. The van der Waals surface area contributed by atoms with E-state index in [0.29, 0.717) is 6.04 Å². The molecule has 3 aromatic heterocycles. The van der Waals surface area contributed by atoms with Crippen LogP contribution < -0.4 is 9.80 Å². The Bertz CT molecular complexity index is 914. The molecule has 2 aliphatic rings. The molecule has 128 valence electrons. The second kappa shape index (κ2) is 5.65. The fourth-order valence-corrected chi connectivity index (χ4v) is 3.76. The van der Waals surface area contributed by atoms with Gasteiger partial charge in [-0.2, -0.15) is 4.52 Å². The molecule has 0 radical (unpaired) electrons. The first-order valence-corrected chi connectivity index (χ1v) is 8.77. The van der Waals surface area contributed by atoms with E-state index in [1.165, 1.54) is 24.1 Å². The predicted molar refractivity (Wildman–Crippen MR) is 93.9 cm³/mol. The van der Waals surface area contributed by atoms with Crippen molar-refractivity contribution in [2.24, 2.45) is 0 Å². The van der Waals surface area contributed by atoms with Gasteiger partial charge in [-0.1, -0.05) is 0 Å². The SMILES string of the molecule is CN(c1ncnc2c1CCCC2)C1CN(c2ccc3nncn3n2)C1. The number of aromatic nitrogens is 6. The van der Waals surface area contributed by atoms with Crippen molar-refractivity contribution in [1.82, 2.24) is 29.8 Å². The number of aryl methyl sites for hydroxylation is 1. The molecule has 1 fully saturated rings. The fourth-order valence-electron chi connectivity index (χ4n) is 3.76. The Balaban J connectivity index is 1.33. The predicted octanol–water partition coefficient (Wildman–Crippen LogP) is 1.12. The molecule has 3 aromatic rings. The fraction of sp³-hybridized carbons (Fsp3) is 0.471. The summed E-state index contributed by atoms with van der Waals surface area (Å²) < 4.78 is 1.72. The Morgan fingerprint density at radius 1 is 1.12 bits per heavy atom. The quantitative estimate of drug-likeness (QED) is 0.709. The average Bonchev–Trinajstić information content (AvgIpc) is 3.07. The number of rotatable bonds is 3. The first-order valence-electron chi connectivity index (χ1n) is 8.77. The topological polar surface area (TPSA) is 75.3 Å². The van der Waals surface area contributed by atoms with Crippen LogP contribution >= 0.6 is 0 Å². The highest BCUT2D eigenvalue weighted by Gasteiger charge is 2.33. The number of nitrogens with zero attached hydrogens (tertiary/aromatic N) is 8. The van der Waals surface area contributed by atoms with E-state index in [-0.39, 0.29) is 0 Å². The van der Waals surface area contributed by atoms with Gasteiger partial charge >= 0.3 is 0 Å². The van der Waals surface area contributed by atoms with E-state index >= 15 is 0 Å². The molecule has 1 aliphatic carbocycles. The van der Waals surface area contributed by atoms with Gasteiger partial charge in [-0.25, -0.2) is 9.97 Å². The van der Waals surface area contributed by atoms with Gasteiger partial charge in [0.1, 0.15) is 24.3 Å². The van der Waals surface area contributed by atoms with Crippen LogP contribution in [0.15, 0.2) is 24.8 Å². The maximum Gasteiger partial charge on any atom is 0.177 e. The third kappa shape index (κ3) is 2.40. The molecule has 5 rings (SSSR count). The van der Waals surface area contributed by atoms with Crippen LogP contribution in [0.3, 0.4) is 0 Å². The van der Waals surface area contributed by atoms with Crippen molar-refractivity contribution >= 4 is 17.3 Å². The molecule has 0 N–H and O–H groups in total. The van der Waals surface area contributed by atoms with E-state index in [4.69, 9.17) is 0 Å². The largest absolute Gasteiger partial charge is 0.353 e. The van der Waals surface area contributed by atoms with Crippen molar-refractivity contribution in [3.05, 3.63) is 36.0 Å². The summed E-state index contributed by atoms with van der Waals surface area (Å²) in [4.78, 5) is 13.7. The maximum absolute atomic E-state index is 4.59. The Labute approximate surface area is 145 Å². The van der Waals surface area contributed by atoms with Crippen LogP contribution in [-0.2, 0) is 12.8 Å². The Morgan fingerprint density at radius 2 is 2.00 bits per heavy atom. The average molecular weight is 336 g/mol. The van der Waals surface area contributed by atoms with E-state index in [1.54, 1.807) is 17.2 Å². The van der Waals surface area contributed by atoms with Crippen molar-refractivity contribution in [2.75, 3.05) is 29.9 Å². The summed E-state index contributed by atoms with van der Waals surface area (Å²) in [6.07, 6.45) is 8.00. The Kier molecular flexibility index (Phi) is 3.29. The number of hydrogen-bond donors (Lipinski definition) is 0. The van der Waals surface area contributed by atoms with Gasteiger partial charge < -0.3 is 9.80 Å². The highest BCUT2D eigenvalue weighted by molar-refractivity contribution is 5.54. The van der Waals surface area contributed by atoms with E-state index in [0.717, 1.165) is 43.2 Å². The van der Waals surface area contributed by atoms with E-state index in [2.05, 4.69) is 42.1 Å². The van der Waals surface area contributed by atoms with E-state index < -0.39 is 0 Å². The van der Waals surface area contributed by atoms with Crippen molar-refractivity contribution in [3.63, 3.8) is 0 Å². The molecule has 4 heterocycles. The molecule has 8 heteroatoms. The monoisotopic (exact) mass is 336 g/mol. The third-order valence-corrected chi connectivity index (χ3v) is 5.32. The standard InChI is InChI=1S/C17H20N8/c1-23(17-13-4-2-3-5-14(13)18-10-19-17)12-8-24(9-12)16-7-6-15-21-20-11-25(15)22-16/h6-7,10-12H,2-5,8-9H2,1H3. The minimum Gasteiger partial charge on any atom is -0.353 e. The summed E-state index contributed by atoms with van der Waals surface area (Å²) in [5.74, 6) is 2.07. The number of fused-ring (bicyclic) bond motifs is 2. The minimum atomic E-state index is 0.444. The van der Waals surface area contributed by atoms with E-state index in [1.807, 2.05) is 12.1 Å². The van der Waals surface area contributed by atoms with Gasteiger partial charge in [-0.3, -0.25) is 0 Å². The normalized spacial score (nSPS) is 17.4. The zero-order valence-corrected chi connectivity index (χ0v) is 14.2. The van der Waals surface area contributed by atoms with E-state index in [9.17, 15) is 0 Å². The summed E-state index contributed by atoms with van der Waals surface area (Å²) in [6.45, 7) is 1.88. The summed E-state index contributed by atoms with van der Waals surface area (Å²) in [6, 6.07) is 4.40. The smallest absolute Gasteiger partial charge is 0.177 e. The number of hydrogen-bond acceptors (Lipinski definition) is 7. The number of anilines is 2. The van der Waals surface area contributed by atoms with Crippen LogP contribution in [0.1, 0.15) is 24.1 Å². The summed E-state index contributed by atoms with van der Waals surface area (Å²) >= 11 is 0. The molecule has 1 aliphatic heterocycles. The van der Waals surface area contributed by atoms with Gasteiger partial charge in [0.25, 0.3) is 0 Å². The Hall–Kier alpha value is -2.77. The highest BCUT2D eigenvalue weighted by atomic mass is 15.4. The van der Waals surface area contributed by atoms with Crippen LogP contribution in [0, 0.1) is 0 Å². The zero-order chi connectivity index (χ0) is 16.8. The van der Waals surface area contributed by atoms with Gasteiger partial charge in [-0.15, -0.1) is 15.3 Å². The van der Waals surface area contributed by atoms with Gasteiger partial charge in [0.2, 0.25) is 0 Å². The highest BCUT2D eigenvalue weighted by Crippen LogP contribution is 2.30. The van der Waals surface area contributed by atoms with Crippen LogP contribution in [0.4, 0.5) is 11.6 Å². The van der Waals surface area contributed by atoms with Crippen LogP contribution in [0.25, 0.3) is 5.65 Å². The molecule has 0 amide bonds. The lowest BCUT2D eigenvalue weighted by molar-refractivity contribution is 0.484. The first kappa shape index (κ1) is 14.6. The Morgan fingerprint density at radius 3 is 2.92 bits per heavy atom. The zero-order valence-electron chi connectivity index (χ0n) is 14.2. The van der Waals surface area contributed by atoms with Crippen LogP contribution in [-0.4, -0.2) is 56.0 Å². The lowest BCUT2D eigenvalue weighted by Crippen LogP contribution is -2.59. The molecule has 0 bridgehead atoms. The molecule has 0 spiro atoms. The van der Waals surface area contributed by atoms with Gasteiger partial charge in [-0.05, 0) is 37.8 Å². The molecular weight excluding hydrogens is 316 g/mol. The third-order valence-electron chi connectivity index (χ3n) is 5.32. The summed E-state index contributed by atoms with van der Waals surface area (Å²) in [7, 11) is 2.15. The lowest BCUT2D eigenvalue weighted by Gasteiger charge is -2.45. The van der Waals surface area contributed by atoms with Crippen molar-refractivity contribution in [1.29, 1.82) is 0 Å². The minimum absolute atomic E-state index is 0.444. The molecular formula is C17H20N8. The van der Waals surface area contributed by atoms with Crippen LogP contribution in [0.5, 0.6) is 0 Å². The second-order valence-corrected chi connectivity index (χ2v) is 6.82. The van der Waals surface area contributed by atoms with Crippen molar-refractivity contribution < 1.29 is 0 Å². The first-order chi connectivity index (χ1) is 12.3. The van der Waals surface area contributed by atoms with Gasteiger partial charge in [0, 0.05) is 31.4 Å². The molecule has 0 aromatic carbocycles. The molecule has 8 nitrogen and oxygen atoms in total. The molecule has 1 saturated heterocycles. The molecule has 0 saturated carbocycles. The maximum atomic E-state index is 4.59. The van der Waals surface area contributed by atoms with Crippen molar-refractivity contribution in [2.45, 2.75) is 31.7 Å². The van der Waals surface area contributed by atoms with Gasteiger partial charge in [0.15, 0.2) is 5.65 Å². The van der Waals surface area contributed by atoms with Crippen molar-refractivity contribution in [3.8, 4) is 0 Å². The summed E-state index contributed by atoms with van der Waals surface area (Å²) in [5, 5.41) is 12.4. The summed E-state index contributed by atoms with van der Waals surface area (Å²) in [5.41, 5.74) is 3.35. The van der Waals surface area contributed by atoms with Gasteiger partial charge in [0.05, 0.1) is 6.04 Å². The molecule has 0 atom stereocenters. The second-order valence-electron chi connectivity index (χ2n) is 6.82. The molecule has 25 heavy (non-hydrogen) atoms. The van der Waals surface area contributed by atoms with Crippen LogP contribution in [0.2, 0.25) is 0 Å². The lowest BCUT2D eigenvalue weighted by atomic mass is 9.95. The number of likely N-dealkylation sites (N-methyl/N-ethyl adjacent to an activating group) is 1.